The number of hydrogen-bond acceptors (Lipinski definition) is 4. The molecule has 0 bridgehead atoms. The number of nitrogens with zero attached hydrogens (tertiary/aromatic N) is 4. The van der Waals surface area contributed by atoms with E-state index in [1.165, 1.54) is 5.56 Å². The maximum absolute atomic E-state index is 12.9. The third kappa shape index (κ3) is 4.50. The third-order valence-electron chi connectivity index (χ3n) is 5.96. The number of para-hydroxylation sites is 1. The van der Waals surface area contributed by atoms with Gasteiger partial charge in [-0.05, 0) is 68.5 Å². The van der Waals surface area contributed by atoms with Crippen LogP contribution in [0.15, 0.2) is 48.7 Å². The fourth-order valence-corrected chi connectivity index (χ4v) is 3.84. The number of likely N-dealkylation sites (tertiary alicyclic amines) is 1. The van der Waals surface area contributed by atoms with Crippen molar-refractivity contribution in [2.24, 2.45) is 0 Å². The van der Waals surface area contributed by atoms with Gasteiger partial charge in [0.05, 0.1) is 11.9 Å². The summed E-state index contributed by atoms with van der Waals surface area (Å²) in [6, 6.07) is 13.6. The van der Waals surface area contributed by atoms with Crippen molar-refractivity contribution in [1.82, 2.24) is 25.2 Å². The van der Waals surface area contributed by atoms with Crippen molar-refractivity contribution in [3.8, 4) is 5.69 Å². The van der Waals surface area contributed by atoms with E-state index in [4.69, 9.17) is 0 Å². The van der Waals surface area contributed by atoms with Gasteiger partial charge in [0.2, 0.25) is 0 Å². The van der Waals surface area contributed by atoms with Crippen LogP contribution in [0, 0.1) is 20.8 Å². The van der Waals surface area contributed by atoms with Crippen molar-refractivity contribution < 1.29 is 9.59 Å². The Morgan fingerprint density at radius 2 is 1.71 bits per heavy atom. The number of carbonyl (C=O) groups excluding carboxylic acids is 2. The molecule has 1 N–H and O–H groups in total. The van der Waals surface area contributed by atoms with Gasteiger partial charge in [0.15, 0.2) is 5.69 Å². The van der Waals surface area contributed by atoms with E-state index in [9.17, 15) is 9.59 Å². The molecule has 1 aliphatic rings. The second-order valence-electron chi connectivity index (χ2n) is 8.17. The molecule has 1 aromatic heterocycles. The number of aryl methyl sites for hydroxylation is 3. The SMILES string of the molecule is Cc1ccc(C(=O)NC2CCN(C(=O)c3cn(-c4ccccc4C)nn3)CC2)cc1C. The minimum atomic E-state index is -0.126. The third-order valence-corrected chi connectivity index (χ3v) is 5.96. The van der Waals surface area contributed by atoms with Crippen molar-refractivity contribution in [3.05, 3.63) is 76.6 Å². The van der Waals surface area contributed by atoms with Gasteiger partial charge in [-0.2, -0.15) is 0 Å². The van der Waals surface area contributed by atoms with Gasteiger partial charge in [0, 0.05) is 24.7 Å². The predicted molar refractivity (Wildman–Crippen MR) is 118 cm³/mol. The summed E-state index contributed by atoms with van der Waals surface area (Å²) < 4.78 is 1.64. The Balaban J connectivity index is 1.34. The molecule has 1 fully saturated rings. The van der Waals surface area contributed by atoms with E-state index < -0.39 is 0 Å². The van der Waals surface area contributed by atoms with Gasteiger partial charge in [-0.25, -0.2) is 4.68 Å². The highest BCUT2D eigenvalue weighted by molar-refractivity contribution is 5.95. The Bertz CT molecular complexity index is 1110. The van der Waals surface area contributed by atoms with Crippen LogP contribution in [0.4, 0.5) is 0 Å². The Morgan fingerprint density at radius 1 is 0.968 bits per heavy atom. The zero-order chi connectivity index (χ0) is 22.0. The van der Waals surface area contributed by atoms with Gasteiger partial charge in [-0.3, -0.25) is 9.59 Å². The molecule has 0 spiro atoms. The predicted octanol–water partition coefficient (Wildman–Crippen LogP) is 3.23. The number of rotatable bonds is 4. The number of nitrogens with one attached hydrogen (secondary N) is 1. The Hall–Kier alpha value is -3.48. The number of hydrogen-bond donors (Lipinski definition) is 1. The number of aromatic nitrogens is 3. The van der Waals surface area contributed by atoms with Gasteiger partial charge in [0.1, 0.15) is 0 Å². The first kappa shape index (κ1) is 20.8. The fraction of sp³-hybridized carbons (Fsp3) is 0.333. The summed E-state index contributed by atoms with van der Waals surface area (Å²) in [6.45, 7) is 7.19. The molecule has 7 heteroatoms. The topological polar surface area (TPSA) is 80.1 Å². The van der Waals surface area contributed by atoms with E-state index in [2.05, 4.69) is 15.6 Å². The van der Waals surface area contributed by atoms with Crippen LogP contribution in [0.25, 0.3) is 5.69 Å². The van der Waals surface area contributed by atoms with Crippen molar-refractivity contribution >= 4 is 11.8 Å². The Kier molecular flexibility index (Phi) is 5.84. The van der Waals surface area contributed by atoms with Crippen LogP contribution in [0.2, 0.25) is 0 Å². The van der Waals surface area contributed by atoms with Crippen LogP contribution in [0.3, 0.4) is 0 Å². The summed E-state index contributed by atoms with van der Waals surface area (Å²) in [4.78, 5) is 27.2. The molecule has 0 saturated carbocycles. The molecule has 31 heavy (non-hydrogen) atoms. The monoisotopic (exact) mass is 417 g/mol. The van der Waals surface area contributed by atoms with Gasteiger partial charge in [0.25, 0.3) is 11.8 Å². The van der Waals surface area contributed by atoms with Gasteiger partial charge in [-0.15, -0.1) is 5.10 Å². The number of carbonyl (C=O) groups is 2. The quantitative estimate of drug-likeness (QED) is 0.707. The molecule has 2 amide bonds. The Morgan fingerprint density at radius 3 is 2.42 bits per heavy atom. The normalized spacial score (nSPS) is 14.5. The molecule has 2 heterocycles. The summed E-state index contributed by atoms with van der Waals surface area (Å²) in [6.07, 6.45) is 3.11. The van der Waals surface area contributed by atoms with Crippen LogP contribution in [-0.4, -0.2) is 50.8 Å². The van der Waals surface area contributed by atoms with Crippen LogP contribution >= 0.6 is 0 Å². The molecule has 0 unspecified atom stereocenters. The standard InChI is InChI=1S/C24H27N5O2/c1-16-8-9-19(14-18(16)3)23(30)25-20-10-12-28(13-11-20)24(31)21-15-29(27-26-21)22-7-5-4-6-17(22)2/h4-9,14-15,20H,10-13H2,1-3H3,(H,25,30). The number of benzene rings is 2. The van der Waals surface area contributed by atoms with Gasteiger partial charge >= 0.3 is 0 Å². The molecule has 7 nitrogen and oxygen atoms in total. The first-order chi connectivity index (χ1) is 14.9. The second kappa shape index (κ2) is 8.71. The maximum atomic E-state index is 12.9. The lowest BCUT2D eigenvalue weighted by Gasteiger charge is -2.32. The van der Waals surface area contributed by atoms with E-state index in [0.29, 0.717) is 37.2 Å². The summed E-state index contributed by atoms with van der Waals surface area (Å²) in [7, 11) is 0. The summed E-state index contributed by atoms with van der Waals surface area (Å²) in [5.41, 5.74) is 5.25. The highest BCUT2D eigenvalue weighted by Crippen LogP contribution is 2.17. The van der Waals surface area contributed by atoms with Crippen molar-refractivity contribution in [2.45, 2.75) is 39.7 Å². The van der Waals surface area contributed by atoms with Gasteiger partial charge < -0.3 is 10.2 Å². The average molecular weight is 418 g/mol. The van der Waals surface area contributed by atoms with Crippen molar-refractivity contribution in [2.75, 3.05) is 13.1 Å². The molecule has 0 atom stereocenters. The minimum Gasteiger partial charge on any atom is -0.349 e. The maximum Gasteiger partial charge on any atom is 0.276 e. The zero-order valence-corrected chi connectivity index (χ0v) is 18.1. The zero-order valence-electron chi connectivity index (χ0n) is 18.1. The van der Waals surface area contributed by atoms with Crippen LogP contribution in [-0.2, 0) is 0 Å². The van der Waals surface area contributed by atoms with Crippen LogP contribution in [0.5, 0.6) is 0 Å². The molecule has 160 valence electrons. The first-order valence-corrected chi connectivity index (χ1v) is 10.6. The highest BCUT2D eigenvalue weighted by Gasteiger charge is 2.26. The average Bonchev–Trinajstić information content (AvgIpc) is 3.26. The molecule has 0 radical (unpaired) electrons. The van der Waals surface area contributed by atoms with E-state index in [1.807, 2.05) is 63.2 Å². The van der Waals surface area contributed by atoms with Gasteiger partial charge in [-0.1, -0.05) is 29.5 Å². The molecule has 1 aliphatic heterocycles. The molecular formula is C24H27N5O2. The number of piperidine rings is 1. The van der Waals surface area contributed by atoms with E-state index in [1.54, 1.807) is 15.8 Å². The highest BCUT2D eigenvalue weighted by atomic mass is 16.2. The summed E-state index contributed by atoms with van der Waals surface area (Å²) in [5, 5.41) is 11.3. The molecule has 2 aromatic carbocycles. The van der Waals surface area contributed by atoms with E-state index >= 15 is 0 Å². The van der Waals surface area contributed by atoms with Crippen molar-refractivity contribution in [1.29, 1.82) is 0 Å². The first-order valence-electron chi connectivity index (χ1n) is 10.6. The minimum absolute atomic E-state index is 0.0563. The summed E-state index contributed by atoms with van der Waals surface area (Å²) >= 11 is 0. The smallest absolute Gasteiger partial charge is 0.276 e. The molecule has 4 rings (SSSR count). The molecule has 3 aromatic rings. The lowest BCUT2D eigenvalue weighted by Crippen LogP contribution is -2.46. The molecule has 1 saturated heterocycles. The lowest BCUT2D eigenvalue weighted by atomic mass is 10.0. The van der Waals surface area contributed by atoms with E-state index in [-0.39, 0.29) is 17.9 Å². The number of amides is 2. The largest absolute Gasteiger partial charge is 0.349 e. The van der Waals surface area contributed by atoms with Crippen LogP contribution < -0.4 is 5.32 Å². The second-order valence-corrected chi connectivity index (χ2v) is 8.17. The fourth-order valence-electron chi connectivity index (χ4n) is 3.84. The van der Waals surface area contributed by atoms with E-state index in [0.717, 1.165) is 16.8 Å². The molecular weight excluding hydrogens is 390 g/mol. The van der Waals surface area contributed by atoms with Crippen molar-refractivity contribution in [3.63, 3.8) is 0 Å². The summed E-state index contributed by atoms with van der Waals surface area (Å²) in [5.74, 6) is -0.187. The molecule has 0 aliphatic carbocycles. The Labute approximate surface area is 182 Å². The van der Waals surface area contributed by atoms with Crippen LogP contribution in [0.1, 0.15) is 50.4 Å². The lowest BCUT2D eigenvalue weighted by molar-refractivity contribution is 0.0692.